The molecule has 8 nitrogen and oxygen atoms in total. The number of nitrogens with one attached hydrogen (secondary N) is 1. The van der Waals surface area contributed by atoms with Crippen molar-refractivity contribution in [1.29, 1.82) is 0 Å². The highest BCUT2D eigenvalue weighted by Crippen LogP contribution is 2.22. The van der Waals surface area contributed by atoms with Gasteiger partial charge in [0.1, 0.15) is 6.54 Å². The average molecular weight is 426 g/mol. The van der Waals surface area contributed by atoms with Crippen molar-refractivity contribution in [2.45, 2.75) is 0 Å². The highest BCUT2D eigenvalue weighted by atomic mass is 35.5. The number of hydrogen-bond acceptors (Lipinski definition) is 5. The fraction of sp³-hybridized carbons (Fsp3) is 0.222. The Bertz CT molecular complexity index is 964. The molecule has 0 unspecified atom stereocenters. The number of para-hydroxylation sites is 1. The molecule has 2 aromatic rings. The molecule has 0 aliphatic rings. The maximum Gasteiger partial charge on any atom is 0.339 e. The smallest absolute Gasteiger partial charge is 0.339 e. The van der Waals surface area contributed by atoms with E-state index in [0.717, 1.165) is 8.61 Å². The van der Waals surface area contributed by atoms with Crippen LogP contribution in [0.5, 0.6) is 0 Å². The summed E-state index contributed by atoms with van der Waals surface area (Å²) in [6.07, 6.45) is 0. The zero-order chi connectivity index (χ0) is 20.9. The summed E-state index contributed by atoms with van der Waals surface area (Å²) in [6.45, 7) is -0.458. The molecular formula is C18H20ClN3O5S. The van der Waals surface area contributed by atoms with Gasteiger partial charge in [0, 0.05) is 19.8 Å². The second-order valence-electron chi connectivity index (χ2n) is 5.87. The lowest BCUT2D eigenvalue weighted by atomic mass is 10.2. The van der Waals surface area contributed by atoms with Gasteiger partial charge in [-0.1, -0.05) is 29.8 Å². The number of halogens is 1. The molecule has 28 heavy (non-hydrogen) atoms. The first-order chi connectivity index (χ1) is 13.2. The van der Waals surface area contributed by atoms with Crippen molar-refractivity contribution < 1.29 is 22.7 Å². The van der Waals surface area contributed by atoms with Crippen molar-refractivity contribution >= 4 is 45.1 Å². The summed E-state index contributed by atoms with van der Waals surface area (Å²) in [6, 6.07) is 12.6. The molecule has 0 aromatic heterocycles. The molecule has 2 aromatic carbocycles. The van der Waals surface area contributed by atoms with Crippen LogP contribution in [0.2, 0.25) is 5.02 Å². The van der Waals surface area contributed by atoms with Gasteiger partial charge in [0.25, 0.3) is 0 Å². The number of rotatable bonds is 7. The molecular weight excluding hydrogens is 406 g/mol. The van der Waals surface area contributed by atoms with Gasteiger partial charge in [-0.05, 0) is 30.3 Å². The lowest BCUT2D eigenvalue weighted by molar-refractivity contribution is -0.114. The molecule has 1 N–H and O–H groups in total. The summed E-state index contributed by atoms with van der Waals surface area (Å²) in [7, 11) is 0.0749. The van der Waals surface area contributed by atoms with Crippen molar-refractivity contribution in [3.05, 3.63) is 59.1 Å². The number of ether oxygens (including phenoxy) is 1. The fourth-order valence-electron chi connectivity index (χ4n) is 2.30. The fourth-order valence-corrected chi connectivity index (χ4v) is 3.56. The predicted octanol–water partition coefficient (Wildman–Crippen LogP) is 2.38. The van der Waals surface area contributed by atoms with Crippen LogP contribution in [0.3, 0.4) is 0 Å². The molecule has 0 fully saturated rings. The third-order valence-electron chi connectivity index (χ3n) is 3.73. The molecule has 0 aliphatic carbocycles. The van der Waals surface area contributed by atoms with Gasteiger partial charge in [0.05, 0.1) is 23.4 Å². The van der Waals surface area contributed by atoms with Crippen LogP contribution in [0.25, 0.3) is 0 Å². The maximum absolute atomic E-state index is 12.6. The van der Waals surface area contributed by atoms with E-state index in [1.807, 2.05) is 0 Å². The van der Waals surface area contributed by atoms with E-state index in [1.165, 1.54) is 39.4 Å². The van der Waals surface area contributed by atoms with Gasteiger partial charge < -0.3 is 10.1 Å². The van der Waals surface area contributed by atoms with E-state index >= 15 is 0 Å². The molecule has 2 rings (SSSR count). The quantitative estimate of drug-likeness (QED) is 0.687. The van der Waals surface area contributed by atoms with Crippen molar-refractivity contribution in [1.82, 2.24) is 4.31 Å². The summed E-state index contributed by atoms with van der Waals surface area (Å²) in [5.74, 6) is -1.24. The largest absolute Gasteiger partial charge is 0.465 e. The predicted molar refractivity (Wildman–Crippen MR) is 108 cm³/mol. The molecule has 1 amide bonds. The first-order valence-corrected chi connectivity index (χ1v) is 9.87. The number of methoxy groups -OCH3 is 1. The van der Waals surface area contributed by atoms with E-state index in [0.29, 0.717) is 5.69 Å². The lowest BCUT2D eigenvalue weighted by Gasteiger charge is -2.26. The summed E-state index contributed by atoms with van der Waals surface area (Å²) >= 11 is 5.96. The minimum absolute atomic E-state index is 0.0859. The highest BCUT2D eigenvalue weighted by Gasteiger charge is 2.27. The van der Waals surface area contributed by atoms with Crippen LogP contribution in [0.4, 0.5) is 11.4 Å². The molecule has 0 saturated heterocycles. The summed E-state index contributed by atoms with van der Waals surface area (Å²) < 4.78 is 31.9. The Morgan fingerprint density at radius 3 is 2.32 bits per heavy atom. The van der Waals surface area contributed by atoms with Crippen molar-refractivity contribution in [2.75, 3.05) is 37.4 Å². The monoisotopic (exact) mass is 425 g/mol. The number of amides is 1. The van der Waals surface area contributed by atoms with Gasteiger partial charge in [-0.25, -0.2) is 9.10 Å². The van der Waals surface area contributed by atoms with E-state index in [4.69, 9.17) is 11.6 Å². The van der Waals surface area contributed by atoms with Crippen LogP contribution in [0.1, 0.15) is 10.4 Å². The number of hydrogen-bond donors (Lipinski definition) is 1. The topological polar surface area (TPSA) is 96.0 Å². The SMILES string of the molecule is COC(=O)c1cc(NC(=O)CN(c2ccccc2)S(=O)(=O)N(C)C)ccc1Cl. The molecule has 0 aliphatic heterocycles. The first-order valence-electron chi connectivity index (χ1n) is 8.09. The van der Waals surface area contributed by atoms with E-state index in [9.17, 15) is 18.0 Å². The van der Waals surface area contributed by atoms with Crippen LogP contribution in [-0.4, -0.2) is 52.3 Å². The third kappa shape index (κ3) is 5.00. The number of carbonyl (C=O) groups is 2. The van der Waals surface area contributed by atoms with E-state index in [1.54, 1.807) is 30.3 Å². The number of anilines is 2. The zero-order valence-corrected chi connectivity index (χ0v) is 17.1. The van der Waals surface area contributed by atoms with Crippen LogP contribution in [-0.2, 0) is 19.7 Å². The van der Waals surface area contributed by atoms with Gasteiger partial charge in [-0.2, -0.15) is 12.7 Å². The van der Waals surface area contributed by atoms with E-state index < -0.39 is 28.6 Å². The van der Waals surface area contributed by atoms with Gasteiger partial charge >= 0.3 is 16.2 Å². The Morgan fingerprint density at radius 1 is 1.11 bits per heavy atom. The molecule has 0 atom stereocenters. The Hall–Kier alpha value is -2.62. The first kappa shape index (κ1) is 21.7. The normalized spacial score (nSPS) is 11.2. The Balaban J connectivity index is 2.27. The standard InChI is InChI=1S/C18H20ClN3O5S/c1-21(2)28(25,26)22(14-7-5-4-6-8-14)12-17(23)20-13-9-10-16(19)15(11-13)18(24)27-3/h4-11H,12H2,1-3H3,(H,20,23). The molecule has 0 radical (unpaired) electrons. The molecule has 10 heteroatoms. The van der Waals surface area contributed by atoms with Gasteiger partial charge in [-0.3, -0.25) is 4.79 Å². The van der Waals surface area contributed by atoms with Crippen LogP contribution in [0, 0.1) is 0 Å². The Labute approximate surface area is 168 Å². The molecule has 0 spiro atoms. The average Bonchev–Trinajstić information content (AvgIpc) is 2.67. The van der Waals surface area contributed by atoms with Crippen LogP contribution >= 0.6 is 11.6 Å². The minimum atomic E-state index is -3.90. The molecule has 0 heterocycles. The van der Waals surface area contributed by atoms with E-state index in [2.05, 4.69) is 10.1 Å². The van der Waals surface area contributed by atoms with Gasteiger partial charge in [-0.15, -0.1) is 0 Å². The lowest BCUT2D eigenvalue weighted by Crippen LogP contribution is -2.44. The molecule has 150 valence electrons. The second kappa shape index (κ2) is 9.05. The molecule has 0 saturated carbocycles. The third-order valence-corrected chi connectivity index (χ3v) is 5.88. The van der Waals surface area contributed by atoms with Crippen molar-refractivity contribution in [2.24, 2.45) is 0 Å². The Morgan fingerprint density at radius 2 is 1.75 bits per heavy atom. The summed E-state index contributed by atoms with van der Waals surface area (Å²) in [4.78, 5) is 24.2. The van der Waals surface area contributed by atoms with Gasteiger partial charge in [0.2, 0.25) is 5.91 Å². The minimum Gasteiger partial charge on any atom is -0.465 e. The zero-order valence-electron chi connectivity index (χ0n) is 15.5. The number of nitrogens with zero attached hydrogens (tertiary/aromatic N) is 2. The van der Waals surface area contributed by atoms with Crippen LogP contribution in [0.15, 0.2) is 48.5 Å². The van der Waals surface area contributed by atoms with Gasteiger partial charge in [0.15, 0.2) is 0 Å². The van der Waals surface area contributed by atoms with Crippen molar-refractivity contribution in [3.8, 4) is 0 Å². The maximum atomic E-state index is 12.6. The molecule has 0 bridgehead atoms. The number of carbonyl (C=O) groups excluding carboxylic acids is 2. The van der Waals surface area contributed by atoms with E-state index in [-0.39, 0.29) is 16.3 Å². The highest BCUT2D eigenvalue weighted by molar-refractivity contribution is 7.90. The number of esters is 1. The second-order valence-corrected chi connectivity index (χ2v) is 8.34. The summed E-state index contributed by atoms with van der Waals surface area (Å²) in [5.41, 5.74) is 0.713. The van der Waals surface area contributed by atoms with Crippen LogP contribution < -0.4 is 9.62 Å². The Kier molecular flexibility index (Phi) is 7.00. The summed E-state index contributed by atoms with van der Waals surface area (Å²) in [5, 5.41) is 2.74. The number of benzene rings is 2. The van der Waals surface area contributed by atoms with Crippen molar-refractivity contribution in [3.63, 3.8) is 0 Å².